The number of phenols is 1. The largest absolute Gasteiger partial charge is 0.505 e. The third-order valence-electron chi connectivity index (χ3n) is 2.64. The molecule has 0 spiro atoms. The van der Waals surface area contributed by atoms with E-state index in [4.69, 9.17) is 0 Å². The van der Waals surface area contributed by atoms with Gasteiger partial charge in [-0.15, -0.1) is 20.4 Å². The average Bonchev–Trinajstić information content (AvgIpc) is 3.14. The lowest BCUT2D eigenvalue weighted by Crippen LogP contribution is -2.14. The van der Waals surface area contributed by atoms with Gasteiger partial charge in [0.25, 0.3) is 11.7 Å². The van der Waals surface area contributed by atoms with Crippen molar-refractivity contribution in [3.05, 3.63) is 23.5 Å². The molecule has 3 rings (SSSR count). The number of phenolic OH excluding ortho intramolecular Hbond substituents is 1. The quantitative estimate of drug-likeness (QED) is 0.475. The SMILES string of the molecule is Cc1cc(NC(=O)c2nn[nH]n2)c(O)c(-c2nn[nH]n2)c1. The number of amides is 1. The van der Waals surface area contributed by atoms with Crippen LogP contribution in [0.4, 0.5) is 5.69 Å². The molecule has 4 N–H and O–H groups in total. The Hall–Kier alpha value is -3.37. The van der Waals surface area contributed by atoms with Crippen LogP contribution in [-0.4, -0.2) is 52.3 Å². The van der Waals surface area contributed by atoms with E-state index in [9.17, 15) is 9.90 Å². The Kier molecular flexibility index (Phi) is 2.99. The summed E-state index contributed by atoms with van der Waals surface area (Å²) in [5.74, 6) is -0.717. The van der Waals surface area contributed by atoms with Gasteiger partial charge in [-0.1, -0.05) is 0 Å². The maximum atomic E-state index is 11.9. The molecule has 2 heterocycles. The summed E-state index contributed by atoms with van der Waals surface area (Å²) >= 11 is 0. The summed E-state index contributed by atoms with van der Waals surface area (Å²) < 4.78 is 0. The summed E-state index contributed by atoms with van der Waals surface area (Å²) in [6.07, 6.45) is 0. The second-order valence-corrected chi connectivity index (χ2v) is 4.13. The number of aromatic amines is 2. The molecule has 0 aliphatic carbocycles. The van der Waals surface area contributed by atoms with Gasteiger partial charge >= 0.3 is 0 Å². The minimum absolute atomic E-state index is 0.142. The number of aryl methyl sites for hydroxylation is 1. The van der Waals surface area contributed by atoms with Crippen molar-refractivity contribution >= 4 is 11.6 Å². The van der Waals surface area contributed by atoms with Crippen LogP contribution in [0.3, 0.4) is 0 Å². The van der Waals surface area contributed by atoms with E-state index in [0.717, 1.165) is 5.56 Å². The van der Waals surface area contributed by atoms with Crippen LogP contribution >= 0.6 is 0 Å². The molecule has 0 unspecified atom stereocenters. The molecule has 106 valence electrons. The zero-order chi connectivity index (χ0) is 14.8. The summed E-state index contributed by atoms with van der Waals surface area (Å²) in [7, 11) is 0. The average molecular weight is 287 g/mol. The van der Waals surface area contributed by atoms with Crippen molar-refractivity contribution in [1.29, 1.82) is 0 Å². The standard InChI is InChI=1S/C10H9N9O2/c1-4-2-5(8-12-16-17-13-8)7(20)6(3-4)11-10(21)9-14-18-19-15-9/h2-3,20H,1H3,(H,11,21)(H,12,13,16,17)(H,14,15,18,19). The number of carbonyl (C=O) groups excluding carboxylic acids is 1. The number of nitrogens with zero attached hydrogens (tertiary/aromatic N) is 6. The molecule has 0 bridgehead atoms. The predicted molar refractivity (Wildman–Crippen MR) is 68.1 cm³/mol. The second-order valence-electron chi connectivity index (χ2n) is 4.13. The first-order chi connectivity index (χ1) is 10.1. The summed E-state index contributed by atoms with van der Waals surface area (Å²) in [6.45, 7) is 1.80. The number of aromatic hydroxyl groups is 1. The Balaban J connectivity index is 1.98. The summed E-state index contributed by atoms with van der Waals surface area (Å²) in [6, 6.07) is 3.26. The third-order valence-corrected chi connectivity index (χ3v) is 2.64. The molecular formula is C10H9N9O2. The molecular weight excluding hydrogens is 278 g/mol. The molecule has 11 heteroatoms. The van der Waals surface area contributed by atoms with Crippen LogP contribution in [0.2, 0.25) is 0 Å². The maximum absolute atomic E-state index is 11.9. The van der Waals surface area contributed by atoms with Crippen LogP contribution in [0.25, 0.3) is 11.4 Å². The monoisotopic (exact) mass is 287 g/mol. The molecule has 0 atom stereocenters. The van der Waals surface area contributed by atoms with Crippen LogP contribution in [0.15, 0.2) is 12.1 Å². The first-order valence-electron chi connectivity index (χ1n) is 5.77. The van der Waals surface area contributed by atoms with Gasteiger partial charge in [-0.25, -0.2) is 0 Å². The van der Waals surface area contributed by atoms with Gasteiger partial charge in [0.1, 0.15) is 5.75 Å². The van der Waals surface area contributed by atoms with Gasteiger partial charge in [0.15, 0.2) is 0 Å². The topological polar surface area (TPSA) is 158 Å². The maximum Gasteiger partial charge on any atom is 0.297 e. The molecule has 11 nitrogen and oxygen atoms in total. The zero-order valence-electron chi connectivity index (χ0n) is 10.7. The first kappa shape index (κ1) is 12.7. The smallest absolute Gasteiger partial charge is 0.297 e. The van der Waals surface area contributed by atoms with Crippen molar-refractivity contribution in [2.45, 2.75) is 6.92 Å². The molecule has 0 fully saturated rings. The number of anilines is 1. The van der Waals surface area contributed by atoms with Crippen molar-refractivity contribution in [3.63, 3.8) is 0 Å². The number of benzene rings is 1. The predicted octanol–water partition coefficient (Wildman–Crippen LogP) is -0.354. The van der Waals surface area contributed by atoms with E-state index < -0.39 is 5.91 Å². The van der Waals surface area contributed by atoms with E-state index in [1.165, 1.54) is 0 Å². The van der Waals surface area contributed by atoms with Crippen LogP contribution in [0.1, 0.15) is 16.2 Å². The van der Waals surface area contributed by atoms with Gasteiger partial charge in [0.2, 0.25) is 5.82 Å². The van der Waals surface area contributed by atoms with Crippen molar-refractivity contribution in [2.75, 3.05) is 5.32 Å². The van der Waals surface area contributed by atoms with Gasteiger partial charge < -0.3 is 10.4 Å². The third kappa shape index (κ3) is 2.39. The lowest BCUT2D eigenvalue weighted by molar-refractivity contribution is 0.101. The molecule has 0 aliphatic rings. The number of aromatic nitrogens is 8. The number of carbonyl (C=O) groups is 1. The number of nitrogens with one attached hydrogen (secondary N) is 3. The molecule has 1 amide bonds. The highest BCUT2D eigenvalue weighted by Crippen LogP contribution is 2.34. The van der Waals surface area contributed by atoms with Gasteiger partial charge in [-0.05, 0) is 35.0 Å². The molecule has 1 aromatic carbocycles. The Morgan fingerprint density at radius 1 is 1.19 bits per heavy atom. The van der Waals surface area contributed by atoms with Gasteiger partial charge in [-0.2, -0.15) is 10.4 Å². The van der Waals surface area contributed by atoms with E-state index in [1.54, 1.807) is 19.1 Å². The minimum atomic E-state index is -0.608. The normalized spacial score (nSPS) is 10.5. The lowest BCUT2D eigenvalue weighted by Gasteiger charge is -2.09. The van der Waals surface area contributed by atoms with Gasteiger partial charge in [-0.3, -0.25) is 4.79 Å². The highest BCUT2D eigenvalue weighted by atomic mass is 16.3. The van der Waals surface area contributed by atoms with E-state index >= 15 is 0 Å². The summed E-state index contributed by atoms with van der Waals surface area (Å²) in [5.41, 5.74) is 1.31. The molecule has 0 radical (unpaired) electrons. The Morgan fingerprint density at radius 2 is 1.95 bits per heavy atom. The van der Waals surface area contributed by atoms with E-state index in [0.29, 0.717) is 5.56 Å². The fourth-order valence-electron chi connectivity index (χ4n) is 1.76. The fraction of sp³-hybridized carbons (Fsp3) is 0.100. The number of hydrogen-bond acceptors (Lipinski definition) is 8. The van der Waals surface area contributed by atoms with Crippen molar-refractivity contribution in [2.24, 2.45) is 0 Å². The van der Waals surface area contributed by atoms with Crippen molar-refractivity contribution < 1.29 is 9.90 Å². The number of tetrazole rings is 2. The summed E-state index contributed by atoms with van der Waals surface area (Å²) in [4.78, 5) is 11.9. The molecule has 21 heavy (non-hydrogen) atoms. The highest BCUT2D eigenvalue weighted by Gasteiger charge is 2.18. The summed E-state index contributed by atoms with van der Waals surface area (Å²) in [5, 5.41) is 38.6. The second kappa shape index (κ2) is 4.96. The van der Waals surface area contributed by atoms with Crippen LogP contribution in [0.5, 0.6) is 5.75 Å². The minimum Gasteiger partial charge on any atom is -0.505 e. The van der Waals surface area contributed by atoms with Gasteiger partial charge in [0.05, 0.1) is 11.3 Å². The lowest BCUT2D eigenvalue weighted by atomic mass is 10.1. The molecule has 3 aromatic rings. The van der Waals surface area contributed by atoms with Crippen LogP contribution in [0, 0.1) is 6.92 Å². The molecule has 0 saturated heterocycles. The van der Waals surface area contributed by atoms with E-state index in [1.807, 2.05) is 0 Å². The molecule has 2 aromatic heterocycles. The number of rotatable bonds is 3. The number of hydrogen-bond donors (Lipinski definition) is 4. The van der Waals surface area contributed by atoms with E-state index in [-0.39, 0.29) is 23.1 Å². The molecule has 0 aliphatic heterocycles. The van der Waals surface area contributed by atoms with Crippen LogP contribution < -0.4 is 5.32 Å². The Bertz CT molecular complexity index is 766. The fourth-order valence-corrected chi connectivity index (χ4v) is 1.76. The number of H-pyrrole nitrogens is 2. The van der Waals surface area contributed by atoms with E-state index in [2.05, 4.69) is 46.6 Å². The molecule has 0 saturated carbocycles. The van der Waals surface area contributed by atoms with Crippen LogP contribution in [-0.2, 0) is 0 Å². The highest BCUT2D eigenvalue weighted by molar-refractivity contribution is 6.03. The Morgan fingerprint density at radius 3 is 2.62 bits per heavy atom. The Labute approximate surface area is 116 Å². The van der Waals surface area contributed by atoms with Gasteiger partial charge in [0, 0.05) is 0 Å². The zero-order valence-corrected chi connectivity index (χ0v) is 10.7. The van der Waals surface area contributed by atoms with Crippen molar-refractivity contribution in [1.82, 2.24) is 41.2 Å². The first-order valence-corrected chi connectivity index (χ1v) is 5.77. The van der Waals surface area contributed by atoms with Crippen molar-refractivity contribution in [3.8, 4) is 17.1 Å².